The van der Waals surface area contributed by atoms with Crippen LogP contribution < -0.4 is 51.4 Å². The van der Waals surface area contributed by atoms with Crippen molar-refractivity contribution in [1.29, 1.82) is 0 Å². The molecule has 4 aliphatic carbocycles. The van der Waals surface area contributed by atoms with E-state index < -0.39 is 45.8 Å². The molecule has 8 heterocycles. The van der Waals surface area contributed by atoms with Gasteiger partial charge in [-0.2, -0.15) is 0 Å². The van der Waals surface area contributed by atoms with Gasteiger partial charge in [0.25, 0.3) is 10.9 Å². The number of aromatic hydroxyl groups is 1. The zero-order chi connectivity index (χ0) is 88.8. The van der Waals surface area contributed by atoms with Gasteiger partial charge in [0.2, 0.25) is 10.9 Å². The number of rotatable bonds is 24. The van der Waals surface area contributed by atoms with Gasteiger partial charge in [-0.1, -0.05) is 129 Å². The Morgan fingerprint density at radius 2 is 0.709 bits per heavy atom. The molecule has 18 nitrogen and oxygen atoms in total. The Balaban J connectivity index is 0.000000129. The number of nitrogen functional groups attached to an aromatic ring is 1. The molecule has 127 heavy (non-hydrogen) atoms. The largest absolute Gasteiger partial charge is 0.503 e. The van der Waals surface area contributed by atoms with Crippen molar-refractivity contribution in [3.05, 3.63) is 235 Å². The standard InChI is InChI=1S/C26H27NO4.C23H21NO4.C19H20BrNO.C19H22N2O.C7H7O3.3C4H9.ClH.Sn/c1-15(2)31-26-22(24(28)25(26)29)17-9-10-19-20(13-17)27(3)23(18-11-12-30-14-18)21(19)16-7-5-4-6-8-16;1-24-17-11-14(19-21(25)23(27)22(19)26)7-8-16(17)18(13-5-3-2-4-6-13)20(24)15-9-10-28-12-15;2*1-21-17-11-15(20)7-8-16(17)18(13-5-3-2-4-6-13)19(21)14-9-10-22-12-14;1-4(2)10-6-3-5(8)7(6)9;3*1-3-4-2;;/h9-16H,4-8H2,1-3H3;7-13,25H,2-6H2,1H3;7-13H,2-6H2,1H3;7-13H,2-6,20H2,1H3;4H,1-2H3;3*1,3-4H2,2H3;1H;. The van der Waals surface area contributed by atoms with Gasteiger partial charge in [0.05, 0.1) is 95.6 Å². The van der Waals surface area contributed by atoms with Gasteiger partial charge in [0, 0.05) is 98.7 Å². The normalized spacial score (nSPS) is 15.1. The molecule has 0 bridgehead atoms. The van der Waals surface area contributed by atoms with Crippen molar-refractivity contribution in [2.24, 2.45) is 28.2 Å². The minimum absolute atomic E-state index is 0. The molecule has 7 aromatic carbocycles. The summed E-state index contributed by atoms with van der Waals surface area (Å²) < 4.78 is 47.5. The number of furan rings is 4. The number of aromatic nitrogens is 4. The summed E-state index contributed by atoms with van der Waals surface area (Å²) in [5.74, 6) is 2.54. The molecule has 0 amide bonds. The van der Waals surface area contributed by atoms with Crippen LogP contribution in [0.5, 0.6) is 17.2 Å². The van der Waals surface area contributed by atoms with Gasteiger partial charge in [-0.15, -0.1) is 12.4 Å². The molecule has 670 valence electrons. The van der Waals surface area contributed by atoms with E-state index >= 15 is 0 Å². The van der Waals surface area contributed by atoms with Crippen molar-refractivity contribution in [3.63, 3.8) is 0 Å². The van der Waals surface area contributed by atoms with Crippen molar-refractivity contribution in [1.82, 2.24) is 18.3 Å². The molecule has 0 saturated heterocycles. The molecule has 0 spiro atoms. The molecule has 15 aromatic rings. The number of fused-ring (bicyclic) bond motifs is 4. The maximum absolute atomic E-state index is 12.5. The molecule has 4 saturated carbocycles. The number of halogens is 2. The summed E-state index contributed by atoms with van der Waals surface area (Å²) in [7, 11) is 8.39. The Hall–Kier alpha value is -9.83. The first-order valence-corrected chi connectivity index (χ1v) is 54.8. The Morgan fingerprint density at radius 1 is 0.394 bits per heavy atom. The molecule has 0 atom stereocenters. The van der Waals surface area contributed by atoms with Crippen LogP contribution in [-0.2, 0) is 28.2 Å². The van der Waals surface area contributed by atoms with Crippen LogP contribution in [-0.4, -0.2) is 54.0 Å². The van der Waals surface area contributed by atoms with E-state index in [0.717, 1.165) is 77.4 Å². The molecule has 0 aliphatic heterocycles. The second-order valence-corrected chi connectivity index (χ2v) is 50.5. The number of aryl methyl sites for hydroxylation is 4. The minimum Gasteiger partial charge on any atom is -0.503 e. The zero-order valence-electron chi connectivity index (χ0n) is 75.8. The van der Waals surface area contributed by atoms with E-state index in [9.17, 15) is 33.9 Å². The summed E-state index contributed by atoms with van der Waals surface area (Å²) in [4.78, 5) is 72.3. The summed E-state index contributed by atoms with van der Waals surface area (Å²) in [5.41, 5.74) is 25.4. The average Bonchev–Trinajstić information content (AvgIpc) is 1.19. The van der Waals surface area contributed by atoms with E-state index in [1.165, 1.54) is 233 Å². The van der Waals surface area contributed by atoms with Crippen molar-refractivity contribution in [3.8, 4) is 84.5 Å². The fraction of sp³-hybridized carbons (Fsp3) is 0.434. The number of hydrogen-bond acceptors (Lipinski definition) is 14. The van der Waals surface area contributed by atoms with E-state index in [1.807, 2.05) is 95.8 Å². The van der Waals surface area contributed by atoms with Gasteiger partial charge in [0.15, 0.2) is 11.5 Å². The molecule has 4 aliphatic rings. The molecule has 0 radical (unpaired) electrons. The maximum Gasteiger partial charge on any atom is 0.268 e. The molecule has 21 heteroatoms. The molecule has 3 N–H and O–H groups in total. The number of ether oxygens (including phenoxy) is 2. The molecule has 0 unspecified atom stereocenters. The predicted molar refractivity (Wildman–Crippen MR) is 525 cm³/mol. The van der Waals surface area contributed by atoms with Crippen molar-refractivity contribution in [2.75, 3.05) is 5.73 Å². The van der Waals surface area contributed by atoms with Crippen LogP contribution in [0.1, 0.15) is 261 Å². The van der Waals surface area contributed by atoms with Crippen LogP contribution >= 0.6 is 28.3 Å². The van der Waals surface area contributed by atoms with Crippen molar-refractivity contribution < 1.29 is 32.2 Å². The van der Waals surface area contributed by atoms with Crippen LogP contribution in [0.4, 0.5) is 5.69 Å². The first-order chi connectivity index (χ1) is 61.0. The van der Waals surface area contributed by atoms with Gasteiger partial charge >= 0.3 is 145 Å². The molecular formula is C106H125BrClN5O13Sn. The first kappa shape index (κ1) is 93.3. The quantitative estimate of drug-likeness (QED) is 0.0325. The number of unbranched alkanes of at least 4 members (excludes halogenated alkanes) is 3. The molecule has 8 aromatic heterocycles. The Bertz CT molecular complexity index is 6320. The smallest absolute Gasteiger partial charge is 0.268 e. The third-order valence-corrected chi connectivity index (χ3v) is 43.7. The number of anilines is 1. The summed E-state index contributed by atoms with van der Waals surface area (Å²) in [5, 5.41) is 15.0. The van der Waals surface area contributed by atoms with Gasteiger partial charge in [0.1, 0.15) is 0 Å². The zero-order valence-corrected chi connectivity index (χ0v) is 81.1. The summed E-state index contributed by atoms with van der Waals surface area (Å²) in [6.07, 6.45) is 46.6. The van der Waals surface area contributed by atoms with Crippen LogP contribution in [0.15, 0.2) is 198 Å². The Labute approximate surface area is 762 Å². The fourth-order valence-electron chi connectivity index (χ4n) is 21.5. The Morgan fingerprint density at radius 3 is 1.05 bits per heavy atom. The summed E-state index contributed by atoms with van der Waals surface area (Å²) >= 11 is 0.781. The van der Waals surface area contributed by atoms with Crippen molar-refractivity contribution in [2.45, 2.75) is 265 Å². The maximum atomic E-state index is 12.5. The fourth-order valence-corrected chi connectivity index (χ4v) is 38.5. The van der Waals surface area contributed by atoms with Gasteiger partial charge in [-0.25, -0.2) is 0 Å². The molecule has 4 fully saturated rings. The second-order valence-electron chi connectivity index (χ2n) is 36.6. The third-order valence-electron chi connectivity index (χ3n) is 27.6. The van der Waals surface area contributed by atoms with Crippen LogP contribution in [0.2, 0.25) is 13.3 Å². The third kappa shape index (κ3) is 18.9. The van der Waals surface area contributed by atoms with Crippen LogP contribution in [0, 0.1) is 0 Å². The molecule has 19 rings (SSSR count). The number of hydrogen-bond donors (Lipinski definition) is 2. The second kappa shape index (κ2) is 41.3. The predicted octanol–water partition coefficient (Wildman–Crippen LogP) is 25.9. The van der Waals surface area contributed by atoms with E-state index in [-0.39, 0.29) is 46.8 Å². The van der Waals surface area contributed by atoms with E-state index in [0.29, 0.717) is 40.5 Å². The first-order valence-electron chi connectivity index (χ1n) is 46.5. The number of nitrogens with two attached hydrogens (primary N) is 1. The van der Waals surface area contributed by atoms with Crippen LogP contribution in [0.25, 0.3) is 111 Å². The van der Waals surface area contributed by atoms with E-state index in [2.05, 4.69) is 125 Å². The SMILES string of the molecule is CC(C)Oc1c(-c2ccc3c(C4CCCCC4)c(-c4ccoc4)n(C)c3c2)c(=O)c1=O.CCC[CH2][Sn]([CH2]CCC)([CH2]CCC)[c]1c(OC(C)C)c(=O)c1=O.Cl.Cn1c(-c2ccoc2)c(C2CCCCC2)c2ccc(-c3c(O)c(=O)c3=O)cc21.Cn1c(-c2ccoc2)c(C2CCCCC2)c2ccc(Br)cc21.Cn1c(-c2ccoc2)c(C2CCCCC2)c2ccc(N)cc21. The molecular weight excluding hydrogens is 1790 g/mol. The van der Waals surface area contributed by atoms with Gasteiger partial charge < -0.3 is 51.5 Å². The topological polar surface area (TPSA) is 239 Å². The average molecular weight is 1910 g/mol. The minimum atomic E-state index is -2.83. The van der Waals surface area contributed by atoms with Crippen LogP contribution in [0.3, 0.4) is 0 Å². The number of benzene rings is 4. The van der Waals surface area contributed by atoms with E-state index in [4.69, 9.17) is 32.9 Å². The monoisotopic (exact) mass is 1910 g/mol. The van der Waals surface area contributed by atoms with Gasteiger partial charge in [-0.05, 0) is 183 Å². The summed E-state index contributed by atoms with van der Waals surface area (Å²) in [6.45, 7) is 14.2. The van der Waals surface area contributed by atoms with Crippen molar-refractivity contribution >= 4 is 99.6 Å². The van der Waals surface area contributed by atoms with Gasteiger partial charge in [-0.3, -0.25) is 19.2 Å². The number of nitrogens with zero attached hydrogens (tertiary/aromatic N) is 4. The van der Waals surface area contributed by atoms with E-state index in [1.54, 1.807) is 37.6 Å². The Kier molecular flexibility index (Phi) is 30.3. The summed E-state index contributed by atoms with van der Waals surface area (Å²) in [6, 6.07) is 32.9.